The number of hydrogen-bond acceptors (Lipinski definition) is 7. The number of thiophene rings is 1. The largest absolute Gasteiger partial charge is 0.454 e. The zero-order valence-corrected chi connectivity index (χ0v) is 21.4. The SMILES string of the molecule is Cc1cccc(-c2[nH]c(C3CCC(c4ccsc4S(N)(=O)=O)CC3)nc2-c2ccc3c(c2)OCO3)n1. The number of ether oxygens (including phenoxy) is 2. The summed E-state index contributed by atoms with van der Waals surface area (Å²) in [7, 11) is -3.70. The monoisotopic (exact) mass is 522 g/mol. The van der Waals surface area contributed by atoms with Gasteiger partial charge in [-0.1, -0.05) is 6.07 Å². The second-order valence-corrected chi connectivity index (χ2v) is 12.0. The number of primary sulfonamides is 1. The molecule has 1 saturated carbocycles. The van der Waals surface area contributed by atoms with E-state index in [1.807, 2.05) is 54.8 Å². The molecule has 2 aliphatic rings. The molecular weight excluding hydrogens is 496 g/mol. The van der Waals surface area contributed by atoms with Crippen molar-refractivity contribution < 1.29 is 17.9 Å². The Morgan fingerprint density at radius 1 is 1.00 bits per heavy atom. The molecule has 4 heterocycles. The second-order valence-electron chi connectivity index (χ2n) is 9.33. The predicted molar refractivity (Wildman–Crippen MR) is 138 cm³/mol. The molecule has 0 atom stereocenters. The Kier molecular flexibility index (Phi) is 5.82. The number of aryl methyl sites for hydroxylation is 1. The number of nitrogens with one attached hydrogen (secondary N) is 1. The molecule has 0 spiro atoms. The predicted octanol–water partition coefficient (Wildman–Crippen LogP) is 5.33. The van der Waals surface area contributed by atoms with Crippen molar-refractivity contribution in [1.82, 2.24) is 15.0 Å². The highest BCUT2D eigenvalue weighted by Gasteiger charge is 2.30. The first-order valence-electron chi connectivity index (χ1n) is 11.9. The Labute approximate surface area is 213 Å². The number of benzene rings is 1. The first-order chi connectivity index (χ1) is 17.4. The van der Waals surface area contributed by atoms with Gasteiger partial charge in [0.2, 0.25) is 16.8 Å². The molecule has 0 radical (unpaired) electrons. The number of aromatic amines is 1. The van der Waals surface area contributed by atoms with E-state index in [2.05, 4.69) is 4.98 Å². The van der Waals surface area contributed by atoms with E-state index in [0.29, 0.717) is 9.96 Å². The van der Waals surface area contributed by atoms with Gasteiger partial charge in [-0.2, -0.15) is 0 Å². The molecular formula is C26H26N4O4S2. The number of rotatable bonds is 5. The number of pyridine rings is 1. The molecule has 0 saturated heterocycles. The lowest BCUT2D eigenvalue weighted by Gasteiger charge is -2.27. The van der Waals surface area contributed by atoms with Gasteiger partial charge in [0.25, 0.3) is 0 Å². The van der Waals surface area contributed by atoms with Gasteiger partial charge in [0.15, 0.2) is 11.5 Å². The summed E-state index contributed by atoms with van der Waals surface area (Å²) in [5.41, 5.74) is 5.27. The molecule has 1 aliphatic carbocycles. The van der Waals surface area contributed by atoms with Gasteiger partial charge in [-0.15, -0.1) is 11.3 Å². The normalized spacial score (nSPS) is 19.5. The topological polar surface area (TPSA) is 120 Å². The van der Waals surface area contributed by atoms with Crippen molar-refractivity contribution in [3.63, 3.8) is 0 Å². The molecule has 36 heavy (non-hydrogen) atoms. The minimum atomic E-state index is -3.70. The van der Waals surface area contributed by atoms with E-state index in [9.17, 15) is 8.42 Å². The highest BCUT2D eigenvalue weighted by atomic mass is 32.2. The van der Waals surface area contributed by atoms with Gasteiger partial charge in [-0.3, -0.25) is 4.98 Å². The minimum absolute atomic E-state index is 0.182. The van der Waals surface area contributed by atoms with Crippen molar-refractivity contribution in [2.45, 2.75) is 48.7 Å². The van der Waals surface area contributed by atoms with Crippen LogP contribution in [-0.2, 0) is 10.0 Å². The van der Waals surface area contributed by atoms with Crippen molar-refractivity contribution in [3.8, 4) is 34.1 Å². The van der Waals surface area contributed by atoms with E-state index in [-0.39, 0.29) is 18.6 Å². The van der Waals surface area contributed by atoms with Crippen molar-refractivity contribution in [3.05, 3.63) is 64.9 Å². The number of nitrogens with zero attached hydrogens (tertiary/aromatic N) is 2. The quantitative estimate of drug-likeness (QED) is 0.366. The molecule has 1 fully saturated rings. The van der Waals surface area contributed by atoms with E-state index in [1.165, 1.54) is 11.3 Å². The first kappa shape index (κ1) is 23.2. The standard InChI is InChI=1S/C26H26N4O4S2/c1-15-3-2-4-20(28-15)24-23(18-9-10-21-22(13-18)34-14-33-21)29-25(30-24)17-7-5-16(6-8-17)19-11-12-35-26(19)36(27,31)32/h2-4,9-13,16-17H,5-8,14H2,1H3,(H,29,30)(H2,27,31,32). The smallest absolute Gasteiger partial charge is 0.247 e. The Balaban J connectivity index is 1.32. The molecule has 6 rings (SSSR count). The van der Waals surface area contributed by atoms with Crippen molar-refractivity contribution in [2.75, 3.05) is 6.79 Å². The number of sulfonamides is 1. The first-order valence-corrected chi connectivity index (χ1v) is 14.3. The van der Waals surface area contributed by atoms with Crippen molar-refractivity contribution in [1.29, 1.82) is 0 Å². The third-order valence-electron chi connectivity index (χ3n) is 6.98. The lowest BCUT2D eigenvalue weighted by molar-refractivity contribution is 0.174. The van der Waals surface area contributed by atoms with Gasteiger partial charge in [-0.05, 0) is 85.9 Å². The molecule has 0 amide bonds. The van der Waals surface area contributed by atoms with E-state index in [0.717, 1.165) is 71.2 Å². The summed E-state index contributed by atoms with van der Waals surface area (Å²) >= 11 is 1.20. The average Bonchev–Trinajstić information content (AvgIpc) is 3.63. The molecule has 1 aromatic carbocycles. The fraction of sp³-hybridized carbons (Fsp3) is 0.308. The molecule has 10 heteroatoms. The Morgan fingerprint density at radius 2 is 1.78 bits per heavy atom. The molecule has 4 aromatic rings. The molecule has 3 aromatic heterocycles. The van der Waals surface area contributed by atoms with Crippen LogP contribution in [0.5, 0.6) is 11.5 Å². The third-order valence-corrected chi connectivity index (χ3v) is 9.44. The number of fused-ring (bicyclic) bond motifs is 1. The van der Waals surface area contributed by atoms with Gasteiger partial charge in [-0.25, -0.2) is 18.5 Å². The van der Waals surface area contributed by atoms with Crippen LogP contribution in [0.4, 0.5) is 0 Å². The van der Waals surface area contributed by atoms with Crippen molar-refractivity contribution in [2.24, 2.45) is 5.14 Å². The lowest BCUT2D eigenvalue weighted by atomic mass is 9.79. The van der Waals surface area contributed by atoms with Gasteiger partial charge in [0, 0.05) is 17.2 Å². The molecule has 0 unspecified atom stereocenters. The van der Waals surface area contributed by atoms with Crippen LogP contribution in [0.1, 0.15) is 54.6 Å². The van der Waals surface area contributed by atoms with Gasteiger partial charge in [0.1, 0.15) is 10.0 Å². The maximum atomic E-state index is 12.0. The zero-order valence-electron chi connectivity index (χ0n) is 19.7. The Hall–Kier alpha value is -3.21. The molecule has 8 nitrogen and oxygen atoms in total. The zero-order chi connectivity index (χ0) is 24.9. The summed E-state index contributed by atoms with van der Waals surface area (Å²) in [6.45, 7) is 2.19. The maximum absolute atomic E-state index is 12.0. The Bertz CT molecular complexity index is 1540. The van der Waals surface area contributed by atoms with Crippen LogP contribution >= 0.6 is 11.3 Å². The second kappa shape index (κ2) is 9.02. The number of imidazole rings is 1. The summed E-state index contributed by atoms with van der Waals surface area (Å²) in [6, 6.07) is 13.7. The van der Waals surface area contributed by atoms with Crippen LogP contribution in [0.2, 0.25) is 0 Å². The summed E-state index contributed by atoms with van der Waals surface area (Å²) in [4.78, 5) is 13.4. The summed E-state index contributed by atoms with van der Waals surface area (Å²) < 4.78 is 35.4. The molecule has 186 valence electrons. The van der Waals surface area contributed by atoms with E-state index in [1.54, 1.807) is 0 Å². The highest BCUT2D eigenvalue weighted by Crippen LogP contribution is 2.44. The van der Waals surface area contributed by atoms with E-state index >= 15 is 0 Å². The van der Waals surface area contributed by atoms with Crippen LogP contribution in [0.3, 0.4) is 0 Å². The average molecular weight is 523 g/mol. The van der Waals surface area contributed by atoms with Crippen molar-refractivity contribution >= 4 is 21.4 Å². The third kappa shape index (κ3) is 4.29. The number of hydrogen-bond donors (Lipinski definition) is 2. The number of aromatic nitrogens is 3. The van der Waals surface area contributed by atoms with Gasteiger partial charge >= 0.3 is 0 Å². The van der Waals surface area contributed by atoms with Gasteiger partial charge < -0.3 is 14.5 Å². The number of nitrogens with two attached hydrogens (primary N) is 1. The minimum Gasteiger partial charge on any atom is -0.454 e. The number of H-pyrrole nitrogens is 1. The van der Waals surface area contributed by atoms with Crippen LogP contribution in [0.15, 0.2) is 52.1 Å². The van der Waals surface area contributed by atoms with Crippen LogP contribution in [-0.4, -0.2) is 30.2 Å². The highest BCUT2D eigenvalue weighted by molar-refractivity contribution is 7.91. The molecule has 3 N–H and O–H groups in total. The van der Waals surface area contributed by atoms with Crippen LogP contribution in [0.25, 0.3) is 22.6 Å². The summed E-state index contributed by atoms with van der Waals surface area (Å²) in [5.74, 6) is 2.79. The van der Waals surface area contributed by atoms with E-state index in [4.69, 9.17) is 24.6 Å². The van der Waals surface area contributed by atoms with Gasteiger partial charge in [0.05, 0.1) is 17.1 Å². The fourth-order valence-electron chi connectivity index (χ4n) is 5.22. The molecule has 1 aliphatic heterocycles. The lowest BCUT2D eigenvalue weighted by Crippen LogP contribution is -2.17. The fourth-order valence-corrected chi connectivity index (χ4v) is 7.20. The Morgan fingerprint density at radius 3 is 2.56 bits per heavy atom. The van der Waals surface area contributed by atoms with E-state index < -0.39 is 10.0 Å². The summed E-state index contributed by atoms with van der Waals surface area (Å²) in [5, 5.41) is 7.26. The van der Waals surface area contributed by atoms with Crippen LogP contribution in [0, 0.1) is 6.92 Å². The van der Waals surface area contributed by atoms with Crippen LogP contribution < -0.4 is 14.6 Å². The molecule has 0 bridgehead atoms. The summed E-state index contributed by atoms with van der Waals surface area (Å²) in [6.07, 6.45) is 3.56. The maximum Gasteiger partial charge on any atom is 0.247 e.